The number of nitrogens with one attached hydrogen (secondary N) is 2. The molecule has 6 nitrogen and oxygen atoms in total. The van der Waals surface area contributed by atoms with E-state index in [9.17, 15) is 8.42 Å². The fraction of sp³-hybridized carbons (Fsp3) is 0.0714. The molecule has 0 aliphatic heterocycles. The normalized spacial score (nSPS) is 11.6. The summed E-state index contributed by atoms with van der Waals surface area (Å²) in [5, 5.41) is 1.33. The molecule has 0 atom stereocenters. The third-order valence-electron chi connectivity index (χ3n) is 3.17. The number of pyridine rings is 1. The topological polar surface area (TPSA) is 84.1 Å². The van der Waals surface area contributed by atoms with Gasteiger partial charge in [0.2, 0.25) is 0 Å². The number of aromatic nitrogens is 2. The number of benzene rings is 1. The Kier molecular flexibility index (Phi) is 4.09. The van der Waals surface area contributed by atoms with Gasteiger partial charge in [0.15, 0.2) is 0 Å². The van der Waals surface area contributed by atoms with E-state index in [1.54, 1.807) is 18.2 Å². The maximum Gasteiger partial charge on any atom is 0.265 e. The number of nitrogens with zero attached hydrogens (tertiary/aromatic N) is 1. The van der Waals surface area contributed by atoms with Gasteiger partial charge in [-0.25, -0.2) is 13.4 Å². The largest absolute Gasteiger partial charge is 0.495 e. The first kappa shape index (κ1) is 15.9. The summed E-state index contributed by atoms with van der Waals surface area (Å²) in [6.07, 6.45) is 2.71. The van der Waals surface area contributed by atoms with Gasteiger partial charge in [0.25, 0.3) is 10.0 Å². The number of rotatable bonds is 4. The molecule has 2 N–H and O–H groups in total. The monoisotopic (exact) mass is 371 g/mol. The molecular weight excluding hydrogens is 361 g/mol. The third kappa shape index (κ3) is 3.08. The van der Waals surface area contributed by atoms with Gasteiger partial charge < -0.3 is 9.72 Å². The standard InChI is InChI=1S/C14H11Cl2N3O3S/c1-22-12-5-14(18-6-10(12)16)19-23(20,21)13-7-17-11-4-8(15)2-3-9(11)13/h2-7,17H,1H3,(H,18,19). The lowest BCUT2D eigenvalue weighted by molar-refractivity contribution is 0.415. The first-order valence-electron chi connectivity index (χ1n) is 6.40. The van der Waals surface area contributed by atoms with Crippen molar-refractivity contribution in [1.82, 2.24) is 9.97 Å². The summed E-state index contributed by atoms with van der Waals surface area (Å²) in [6.45, 7) is 0. The van der Waals surface area contributed by atoms with Crippen LogP contribution in [0.5, 0.6) is 5.75 Å². The fourth-order valence-electron chi connectivity index (χ4n) is 2.12. The molecule has 0 saturated heterocycles. The molecule has 9 heteroatoms. The average Bonchev–Trinajstić information content (AvgIpc) is 2.92. The molecule has 0 fully saturated rings. The molecule has 0 aliphatic carbocycles. The van der Waals surface area contributed by atoms with Gasteiger partial charge in [-0.2, -0.15) is 0 Å². The van der Waals surface area contributed by atoms with Crippen molar-refractivity contribution in [2.45, 2.75) is 4.90 Å². The van der Waals surface area contributed by atoms with Crippen LogP contribution in [0.3, 0.4) is 0 Å². The summed E-state index contributed by atoms with van der Waals surface area (Å²) in [5.41, 5.74) is 0.625. The molecule has 3 aromatic rings. The first-order valence-corrected chi connectivity index (χ1v) is 8.63. The van der Waals surface area contributed by atoms with Crippen molar-refractivity contribution >= 4 is 49.9 Å². The van der Waals surface area contributed by atoms with Crippen LogP contribution in [0.15, 0.2) is 41.6 Å². The van der Waals surface area contributed by atoms with Crippen molar-refractivity contribution in [2.24, 2.45) is 0 Å². The molecule has 3 rings (SSSR count). The Morgan fingerprint density at radius 2 is 2.04 bits per heavy atom. The summed E-state index contributed by atoms with van der Waals surface area (Å²) < 4.78 is 32.6. The van der Waals surface area contributed by atoms with E-state index in [-0.39, 0.29) is 15.7 Å². The number of halogens is 2. The summed E-state index contributed by atoms with van der Waals surface area (Å²) in [4.78, 5) is 6.92. The highest BCUT2D eigenvalue weighted by Crippen LogP contribution is 2.29. The highest BCUT2D eigenvalue weighted by Gasteiger charge is 2.20. The molecule has 0 amide bonds. The number of anilines is 1. The molecule has 0 saturated carbocycles. The minimum Gasteiger partial charge on any atom is -0.495 e. The second-order valence-corrected chi connectivity index (χ2v) is 7.15. The Labute approximate surface area is 142 Å². The first-order chi connectivity index (χ1) is 10.9. The van der Waals surface area contributed by atoms with E-state index < -0.39 is 10.0 Å². The van der Waals surface area contributed by atoms with Gasteiger partial charge in [-0.1, -0.05) is 23.2 Å². The predicted molar refractivity (Wildman–Crippen MR) is 89.9 cm³/mol. The van der Waals surface area contributed by atoms with Crippen LogP contribution < -0.4 is 9.46 Å². The molecule has 1 aromatic carbocycles. The predicted octanol–water partition coefficient (Wildman–Crippen LogP) is 3.68. The van der Waals surface area contributed by atoms with Crippen LogP contribution >= 0.6 is 23.2 Å². The van der Waals surface area contributed by atoms with Gasteiger partial charge in [-0.05, 0) is 18.2 Å². The zero-order valence-electron chi connectivity index (χ0n) is 11.8. The average molecular weight is 372 g/mol. The molecule has 120 valence electrons. The minimum atomic E-state index is -3.83. The summed E-state index contributed by atoms with van der Waals surface area (Å²) >= 11 is 11.8. The van der Waals surface area contributed by atoms with Gasteiger partial charge in [0.1, 0.15) is 21.5 Å². The zero-order chi connectivity index (χ0) is 16.6. The number of ether oxygens (including phenoxy) is 1. The maximum atomic E-state index is 12.6. The molecule has 0 spiro atoms. The SMILES string of the molecule is COc1cc(NS(=O)(=O)c2c[nH]c3cc(Cl)ccc23)ncc1Cl. The van der Waals surface area contributed by atoms with E-state index in [0.29, 0.717) is 21.7 Å². The van der Waals surface area contributed by atoms with Gasteiger partial charge >= 0.3 is 0 Å². The number of H-pyrrole nitrogens is 1. The molecular formula is C14H11Cl2N3O3S. The van der Waals surface area contributed by atoms with E-state index in [0.717, 1.165) is 0 Å². The van der Waals surface area contributed by atoms with Crippen molar-refractivity contribution < 1.29 is 13.2 Å². The lowest BCUT2D eigenvalue weighted by atomic mass is 10.2. The van der Waals surface area contributed by atoms with Crippen LogP contribution in [0.2, 0.25) is 10.0 Å². The van der Waals surface area contributed by atoms with Crippen LogP contribution in [-0.4, -0.2) is 25.5 Å². The van der Waals surface area contributed by atoms with E-state index in [1.165, 1.54) is 25.6 Å². The highest BCUT2D eigenvalue weighted by molar-refractivity contribution is 7.93. The van der Waals surface area contributed by atoms with Gasteiger partial charge in [0, 0.05) is 28.2 Å². The number of methoxy groups -OCH3 is 1. The Morgan fingerprint density at radius 3 is 2.78 bits per heavy atom. The number of aromatic amines is 1. The summed E-state index contributed by atoms with van der Waals surface area (Å²) in [5.74, 6) is 0.430. The highest BCUT2D eigenvalue weighted by atomic mass is 35.5. The Hall–Kier alpha value is -1.96. The molecule has 0 bridgehead atoms. The molecule has 0 unspecified atom stereocenters. The number of fused-ring (bicyclic) bond motifs is 1. The van der Waals surface area contributed by atoms with Gasteiger partial charge in [-0.15, -0.1) is 0 Å². The Balaban J connectivity index is 2.01. The molecule has 2 aromatic heterocycles. The number of sulfonamides is 1. The molecule has 0 aliphatic rings. The van der Waals surface area contributed by atoms with Crippen molar-refractivity contribution in [3.05, 3.63) is 46.7 Å². The van der Waals surface area contributed by atoms with Crippen LogP contribution in [0.4, 0.5) is 5.82 Å². The zero-order valence-corrected chi connectivity index (χ0v) is 14.1. The minimum absolute atomic E-state index is 0.0971. The molecule has 0 radical (unpaired) electrons. The van der Waals surface area contributed by atoms with Crippen LogP contribution in [0.25, 0.3) is 10.9 Å². The number of hydrogen-bond acceptors (Lipinski definition) is 4. The van der Waals surface area contributed by atoms with Crippen molar-refractivity contribution in [1.29, 1.82) is 0 Å². The van der Waals surface area contributed by atoms with Crippen molar-refractivity contribution in [3.63, 3.8) is 0 Å². The van der Waals surface area contributed by atoms with Crippen LogP contribution in [-0.2, 0) is 10.0 Å². The Morgan fingerprint density at radius 1 is 1.26 bits per heavy atom. The van der Waals surface area contributed by atoms with Crippen molar-refractivity contribution in [2.75, 3.05) is 11.8 Å². The molecule has 2 heterocycles. The third-order valence-corrected chi connectivity index (χ3v) is 5.09. The Bertz CT molecular complexity index is 986. The lowest BCUT2D eigenvalue weighted by Gasteiger charge is -2.08. The quantitative estimate of drug-likeness (QED) is 0.732. The summed E-state index contributed by atoms with van der Waals surface area (Å²) in [7, 11) is -2.40. The van der Waals surface area contributed by atoms with Crippen molar-refractivity contribution in [3.8, 4) is 5.75 Å². The van der Waals surface area contributed by atoms with Crippen LogP contribution in [0.1, 0.15) is 0 Å². The smallest absolute Gasteiger partial charge is 0.265 e. The van der Waals surface area contributed by atoms with E-state index in [4.69, 9.17) is 27.9 Å². The fourth-order valence-corrected chi connectivity index (χ4v) is 3.65. The van der Waals surface area contributed by atoms with Gasteiger partial charge in [0.05, 0.1) is 13.3 Å². The second kappa shape index (κ2) is 5.92. The van der Waals surface area contributed by atoms with Gasteiger partial charge in [-0.3, -0.25) is 4.72 Å². The maximum absolute atomic E-state index is 12.6. The van der Waals surface area contributed by atoms with E-state index >= 15 is 0 Å². The second-order valence-electron chi connectivity index (χ2n) is 4.65. The lowest BCUT2D eigenvalue weighted by Crippen LogP contribution is -2.13. The molecule has 23 heavy (non-hydrogen) atoms. The van der Waals surface area contributed by atoms with E-state index in [2.05, 4.69) is 14.7 Å². The summed E-state index contributed by atoms with van der Waals surface area (Å²) in [6, 6.07) is 6.32. The van der Waals surface area contributed by atoms with Crippen LogP contribution in [0, 0.1) is 0 Å². The number of hydrogen-bond donors (Lipinski definition) is 2. The van der Waals surface area contributed by atoms with E-state index in [1.807, 2.05) is 0 Å².